The van der Waals surface area contributed by atoms with Crippen LogP contribution in [0, 0.1) is 0 Å². The molecular weight excluding hydrogens is 261 g/mol. The van der Waals surface area contributed by atoms with Crippen LogP contribution in [0.15, 0.2) is 35.9 Å². The molecule has 0 aliphatic carbocycles. The van der Waals surface area contributed by atoms with Crippen LogP contribution < -0.4 is 5.32 Å². The minimum atomic E-state index is -4.64. The number of nitrogens with one attached hydrogen (secondary N) is 1. The highest BCUT2D eigenvalue weighted by Gasteiger charge is 2.05. The molecule has 0 aliphatic heterocycles. The minimum absolute atomic E-state index is 0.288. The maximum atomic E-state index is 12.1. The number of halogens is 1. The van der Waals surface area contributed by atoms with Gasteiger partial charge in [-0.15, -0.1) is 3.89 Å². The average molecular weight is 273 g/mol. The van der Waals surface area contributed by atoms with E-state index in [2.05, 4.69) is 5.32 Å². The first-order chi connectivity index (χ1) is 8.42. The molecule has 1 rings (SSSR count). The summed E-state index contributed by atoms with van der Waals surface area (Å²) in [4.78, 5) is 11.3. The molecule has 0 spiro atoms. The second-order valence-electron chi connectivity index (χ2n) is 3.22. The zero-order valence-corrected chi connectivity index (χ0v) is 10.4. The summed E-state index contributed by atoms with van der Waals surface area (Å²) >= 11 is 0. The van der Waals surface area contributed by atoms with Crippen molar-refractivity contribution in [3.05, 3.63) is 41.4 Å². The van der Waals surface area contributed by atoms with Gasteiger partial charge in [-0.25, -0.2) is 4.79 Å². The van der Waals surface area contributed by atoms with E-state index in [1.165, 1.54) is 12.1 Å². The third-order valence-corrected chi connectivity index (χ3v) is 2.34. The van der Waals surface area contributed by atoms with Crippen LogP contribution in [0.2, 0.25) is 0 Å². The van der Waals surface area contributed by atoms with Gasteiger partial charge in [0.25, 0.3) is 0 Å². The quantitative estimate of drug-likeness (QED) is 0.656. The number of hydrogen-bond donors (Lipinski definition) is 1. The number of benzene rings is 1. The van der Waals surface area contributed by atoms with Crippen LogP contribution in [0.25, 0.3) is 0 Å². The van der Waals surface area contributed by atoms with Crippen LogP contribution in [0.4, 0.5) is 9.57 Å². The molecule has 0 aromatic heterocycles. The SMILES string of the molecule is CCOC(=O)c1ccc(NC=CS(=O)(=O)F)cc1. The largest absolute Gasteiger partial charge is 0.462 e. The summed E-state index contributed by atoms with van der Waals surface area (Å²) < 4.78 is 37.3. The predicted octanol–water partition coefficient (Wildman–Crippen LogP) is 2.05. The van der Waals surface area contributed by atoms with E-state index in [0.29, 0.717) is 16.7 Å². The number of ether oxygens (including phenoxy) is 1. The molecule has 0 aliphatic rings. The molecule has 98 valence electrons. The zero-order chi connectivity index (χ0) is 13.6. The molecule has 0 fully saturated rings. The highest BCUT2D eigenvalue weighted by molar-refractivity contribution is 7.89. The van der Waals surface area contributed by atoms with Crippen molar-refractivity contribution in [1.29, 1.82) is 0 Å². The van der Waals surface area contributed by atoms with Gasteiger partial charge in [0, 0.05) is 11.9 Å². The van der Waals surface area contributed by atoms with Crippen molar-refractivity contribution < 1.29 is 21.8 Å². The second-order valence-corrected chi connectivity index (χ2v) is 4.44. The number of esters is 1. The molecule has 1 N–H and O–H groups in total. The molecule has 0 radical (unpaired) electrons. The molecule has 0 bridgehead atoms. The Bertz CT molecular complexity index is 537. The molecule has 1 aromatic rings. The number of rotatable bonds is 5. The lowest BCUT2D eigenvalue weighted by Gasteiger charge is -2.03. The Balaban J connectivity index is 2.66. The monoisotopic (exact) mass is 273 g/mol. The van der Waals surface area contributed by atoms with Crippen molar-refractivity contribution >= 4 is 21.9 Å². The normalized spacial score (nSPS) is 11.4. The fraction of sp³-hybridized carbons (Fsp3) is 0.182. The zero-order valence-electron chi connectivity index (χ0n) is 9.59. The van der Waals surface area contributed by atoms with Gasteiger partial charge in [0.2, 0.25) is 0 Å². The number of carbonyl (C=O) groups is 1. The summed E-state index contributed by atoms with van der Waals surface area (Å²) in [5.74, 6) is -0.439. The van der Waals surface area contributed by atoms with E-state index >= 15 is 0 Å². The molecule has 0 saturated carbocycles. The summed E-state index contributed by atoms with van der Waals surface area (Å²) in [6.45, 7) is 1.99. The Kier molecular flexibility index (Phi) is 4.85. The Labute approximate surface area is 104 Å². The lowest BCUT2D eigenvalue weighted by molar-refractivity contribution is 0.0526. The van der Waals surface area contributed by atoms with Gasteiger partial charge >= 0.3 is 16.2 Å². The Morgan fingerprint density at radius 3 is 2.50 bits per heavy atom. The molecule has 5 nitrogen and oxygen atoms in total. The van der Waals surface area contributed by atoms with Gasteiger partial charge in [-0.3, -0.25) is 0 Å². The average Bonchev–Trinajstić information content (AvgIpc) is 2.28. The predicted molar refractivity (Wildman–Crippen MR) is 65.2 cm³/mol. The summed E-state index contributed by atoms with van der Waals surface area (Å²) in [6, 6.07) is 6.11. The van der Waals surface area contributed by atoms with Crippen LogP contribution in [-0.2, 0) is 15.0 Å². The van der Waals surface area contributed by atoms with Gasteiger partial charge in [-0.05, 0) is 31.2 Å². The van der Waals surface area contributed by atoms with Gasteiger partial charge in [0.05, 0.1) is 17.6 Å². The summed E-state index contributed by atoms with van der Waals surface area (Å²) in [7, 11) is -4.64. The lowest BCUT2D eigenvalue weighted by Crippen LogP contribution is -2.04. The molecule has 0 amide bonds. The smallest absolute Gasteiger partial charge is 0.338 e. The summed E-state index contributed by atoms with van der Waals surface area (Å²) in [5, 5.41) is 2.94. The third-order valence-electron chi connectivity index (χ3n) is 1.88. The molecule has 1 aromatic carbocycles. The van der Waals surface area contributed by atoms with Gasteiger partial charge in [-0.2, -0.15) is 8.42 Å². The summed E-state index contributed by atoms with van der Waals surface area (Å²) in [6.07, 6.45) is 0.953. The third kappa shape index (κ3) is 4.96. The highest BCUT2D eigenvalue weighted by atomic mass is 32.3. The maximum absolute atomic E-state index is 12.1. The highest BCUT2D eigenvalue weighted by Crippen LogP contribution is 2.10. The van der Waals surface area contributed by atoms with E-state index in [-0.39, 0.29) is 6.61 Å². The van der Waals surface area contributed by atoms with Gasteiger partial charge in [-0.1, -0.05) is 0 Å². The van der Waals surface area contributed by atoms with E-state index in [1.807, 2.05) is 0 Å². The molecule has 0 atom stereocenters. The van der Waals surface area contributed by atoms with E-state index in [1.54, 1.807) is 19.1 Å². The Morgan fingerprint density at radius 1 is 1.39 bits per heavy atom. The van der Waals surface area contributed by atoms with Crippen LogP contribution >= 0.6 is 0 Å². The topological polar surface area (TPSA) is 72.5 Å². The van der Waals surface area contributed by atoms with E-state index < -0.39 is 16.2 Å². The molecule has 0 heterocycles. The fourth-order valence-corrected chi connectivity index (χ4v) is 1.36. The van der Waals surface area contributed by atoms with Crippen LogP contribution in [0.3, 0.4) is 0 Å². The van der Waals surface area contributed by atoms with E-state index in [0.717, 1.165) is 6.20 Å². The van der Waals surface area contributed by atoms with E-state index in [9.17, 15) is 17.1 Å². The van der Waals surface area contributed by atoms with Crippen LogP contribution in [-0.4, -0.2) is 21.0 Å². The first-order valence-electron chi connectivity index (χ1n) is 5.07. The molecular formula is C11H12FNO4S. The van der Waals surface area contributed by atoms with Crippen molar-refractivity contribution in [2.45, 2.75) is 6.92 Å². The van der Waals surface area contributed by atoms with E-state index in [4.69, 9.17) is 4.74 Å². The number of carbonyl (C=O) groups excluding carboxylic acids is 1. The Morgan fingerprint density at radius 2 is 2.00 bits per heavy atom. The minimum Gasteiger partial charge on any atom is -0.462 e. The molecule has 18 heavy (non-hydrogen) atoms. The van der Waals surface area contributed by atoms with Gasteiger partial charge < -0.3 is 10.1 Å². The number of hydrogen-bond acceptors (Lipinski definition) is 5. The Hall–Kier alpha value is -1.89. The second kappa shape index (κ2) is 6.15. The van der Waals surface area contributed by atoms with Crippen molar-refractivity contribution in [1.82, 2.24) is 0 Å². The van der Waals surface area contributed by atoms with Gasteiger partial charge in [0.1, 0.15) is 0 Å². The van der Waals surface area contributed by atoms with Crippen molar-refractivity contribution in [2.24, 2.45) is 0 Å². The van der Waals surface area contributed by atoms with Crippen LogP contribution in [0.5, 0.6) is 0 Å². The summed E-state index contributed by atoms with van der Waals surface area (Å²) in [5.41, 5.74) is 0.896. The first kappa shape index (κ1) is 14.2. The van der Waals surface area contributed by atoms with Crippen LogP contribution in [0.1, 0.15) is 17.3 Å². The molecule has 0 unspecified atom stereocenters. The number of anilines is 1. The van der Waals surface area contributed by atoms with Crippen molar-refractivity contribution in [3.63, 3.8) is 0 Å². The van der Waals surface area contributed by atoms with Crippen molar-refractivity contribution in [3.8, 4) is 0 Å². The lowest BCUT2D eigenvalue weighted by atomic mass is 10.2. The first-order valence-corrected chi connectivity index (χ1v) is 6.52. The molecule has 7 heteroatoms. The van der Waals surface area contributed by atoms with Gasteiger partial charge in [0.15, 0.2) is 0 Å². The maximum Gasteiger partial charge on any atom is 0.338 e. The fourth-order valence-electron chi connectivity index (χ4n) is 1.13. The standard InChI is InChI=1S/C11H12FNO4S/c1-2-17-11(14)9-3-5-10(6-4-9)13-7-8-18(12,15)16/h3-8,13H,2H2,1H3. The van der Waals surface area contributed by atoms with Crippen molar-refractivity contribution in [2.75, 3.05) is 11.9 Å². The molecule has 0 saturated heterocycles.